The average molecular weight is 507 g/mol. The summed E-state index contributed by atoms with van der Waals surface area (Å²) in [5.41, 5.74) is 1.94. The molecule has 0 aliphatic heterocycles. The first-order valence-corrected chi connectivity index (χ1v) is 12.4. The number of para-hydroxylation sites is 1. The molecule has 0 bridgehead atoms. The first kappa shape index (κ1) is 24.9. The molecule has 1 N–H and O–H groups in total. The quantitative estimate of drug-likeness (QED) is 0.414. The fourth-order valence-electron chi connectivity index (χ4n) is 3.14. The summed E-state index contributed by atoms with van der Waals surface area (Å²) in [6.07, 6.45) is 0. The molecule has 9 heteroatoms. The molecule has 1 amide bonds. The maximum absolute atomic E-state index is 13.4. The maximum Gasteiger partial charge on any atom is 0.264 e. The molecule has 0 aromatic heterocycles. The summed E-state index contributed by atoms with van der Waals surface area (Å²) in [5.74, 6) is 0.0385. The minimum atomic E-state index is -4.00. The number of rotatable bonds is 9. The fraction of sp³-hybridized carbons (Fsp3) is 0.208. The van der Waals surface area contributed by atoms with E-state index in [0.29, 0.717) is 27.0 Å². The van der Waals surface area contributed by atoms with Gasteiger partial charge in [-0.1, -0.05) is 53.0 Å². The molecule has 0 fully saturated rings. The predicted molar refractivity (Wildman–Crippen MR) is 132 cm³/mol. The monoisotopic (exact) mass is 506 g/mol. The number of nitrogens with one attached hydrogen (secondary N) is 1. The molecule has 0 unspecified atom stereocenters. The lowest BCUT2D eigenvalue weighted by Gasteiger charge is -2.26. The number of nitrogens with zero attached hydrogens (tertiary/aromatic N) is 1. The summed E-state index contributed by atoms with van der Waals surface area (Å²) in [6, 6.07) is 18.3. The number of ether oxygens (including phenoxy) is 1. The molecule has 0 heterocycles. The molecule has 6 nitrogen and oxygen atoms in total. The van der Waals surface area contributed by atoms with Crippen molar-refractivity contribution in [3.05, 3.63) is 87.9 Å². The Hall–Kier alpha value is -2.74. The van der Waals surface area contributed by atoms with E-state index in [0.717, 1.165) is 9.87 Å². The highest BCUT2D eigenvalue weighted by Crippen LogP contribution is 2.29. The van der Waals surface area contributed by atoms with Crippen LogP contribution in [0.25, 0.3) is 0 Å². The van der Waals surface area contributed by atoms with Crippen molar-refractivity contribution in [1.29, 1.82) is 0 Å². The first-order chi connectivity index (χ1) is 15.7. The fourth-order valence-corrected chi connectivity index (χ4v) is 5.04. The van der Waals surface area contributed by atoms with Crippen molar-refractivity contribution in [2.45, 2.75) is 18.7 Å². The second-order valence-corrected chi connectivity index (χ2v) is 10.1. The van der Waals surface area contributed by atoms with E-state index in [2.05, 4.69) is 5.32 Å². The van der Waals surface area contributed by atoms with Crippen molar-refractivity contribution in [1.82, 2.24) is 5.32 Å². The predicted octanol–water partition coefficient (Wildman–Crippen LogP) is 5.00. The molecule has 0 aliphatic rings. The number of amides is 1. The van der Waals surface area contributed by atoms with Gasteiger partial charge in [-0.25, -0.2) is 8.42 Å². The van der Waals surface area contributed by atoms with E-state index in [-0.39, 0.29) is 18.0 Å². The molecule has 0 saturated carbocycles. The highest BCUT2D eigenvalue weighted by molar-refractivity contribution is 7.92. The normalized spacial score (nSPS) is 11.2. The van der Waals surface area contributed by atoms with Crippen LogP contribution >= 0.6 is 23.2 Å². The smallest absolute Gasteiger partial charge is 0.264 e. The molecule has 3 aromatic rings. The van der Waals surface area contributed by atoms with Crippen molar-refractivity contribution < 1.29 is 17.9 Å². The largest absolute Gasteiger partial charge is 0.490 e. The molecular weight excluding hydrogens is 483 g/mol. The van der Waals surface area contributed by atoms with Crippen LogP contribution in [0, 0.1) is 13.8 Å². The zero-order chi connectivity index (χ0) is 24.0. The van der Waals surface area contributed by atoms with Crippen LogP contribution in [0.1, 0.15) is 11.1 Å². The molecule has 0 saturated heterocycles. The number of sulfonamides is 1. The van der Waals surface area contributed by atoms with E-state index in [1.165, 1.54) is 12.1 Å². The van der Waals surface area contributed by atoms with Gasteiger partial charge in [-0.3, -0.25) is 9.10 Å². The zero-order valence-electron chi connectivity index (χ0n) is 18.2. The lowest BCUT2D eigenvalue weighted by atomic mass is 10.2. The second kappa shape index (κ2) is 10.9. The lowest BCUT2D eigenvalue weighted by molar-refractivity contribution is -0.119. The minimum absolute atomic E-state index is 0.0947. The van der Waals surface area contributed by atoms with Gasteiger partial charge in [0.2, 0.25) is 5.91 Å². The molecule has 0 atom stereocenters. The number of hydrogen-bond donors (Lipinski definition) is 1. The van der Waals surface area contributed by atoms with E-state index in [1.807, 2.05) is 6.92 Å². The minimum Gasteiger partial charge on any atom is -0.490 e. The van der Waals surface area contributed by atoms with Gasteiger partial charge in [-0.05, 0) is 61.9 Å². The van der Waals surface area contributed by atoms with Gasteiger partial charge in [-0.15, -0.1) is 0 Å². The summed E-state index contributed by atoms with van der Waals surface area (Å²) >= 11 is 12.1. The highest BCUT2D eigenvalue weighted by atomic mass is 35.5. The topological polar surface area (TPSA) is 75.7 Å². The van der Waals surface area contributed by atoms with Gasteiger partial charge >= 0.3 is 0 Å². The Balaban J connectivity index is 1.76. The van der Waals surface area contributed by atoms with E-state index in [9.17, 15) is 13.2 Å². The SMILES string of the molecule is Cc1ccc(S(=O)(=O)N(CC(=O)NCCOc2ccccc2Cl)c2ccc(Cl)cc2C)cc1. The standard InChI is InChI=1S/C24H24Cl2N2O4S/c1-17-7-10-20(11-8-17)33(30,31)28(22-12-9-19(25)15-18(22)2)16-24(29)27-13-14-32-23-6-4-3-5-21(23)26/h3-12,15H,13-14,16H2,1-2H3,(H,27,29). The van der Waals surface area contributed by atoms with E-state index >= 15 is 0 Å². The molecule has 3 rings (SSSR count). The van der Waals surface area contributed by atoms with Gasteiger partial charge in [0.15, 0.2) is 0 Å². The third kappa shape index (κ3) is 6.41. The third-order valence-corrected chi connectivity index (χ3v) is 7.16. The van der Waals surface area contributed by atoms with Crippen LogP contribution in [0.15, 0.2) is 71.6 Å². The average Bonchev–Trinajstić information content (AvgIpc) is 2.77. The van der Waals surface area contributed by atoms with Gasteiger partial charge in [0.1, 0.15) is 18.9 Å². The van der Waals surface area contributed by atoms with Crippen LogP contribution in [-0.4, -0.2) is 34.0 Å². The van der Waals surface area contributed by atoms with Crippen LogP contribution in [0.4, 0.5) is 5.69 Å². The number of halogens is 2. The van der Waals surface area contributed by atoms with Crippen molar-refractivity contribution in [3.63, 3.8) is 0 Å². The maximum atomic E-state index is 13.4. The van der Waals surface area contributed by atoms with Crippen molar-refractivity contribution in [2.75, 3.05) is 24.0 Å². The Morgan fingerprint density at radius 3 is 2.36 bits per heavy atom. The Morgan fingerprint density at radius 2 is 1.70 bits per heavy atom. The summed E-state index contributed by atoms with van der Waals surface area (Å²) < 4.78 is 33.5. The lowest BCUT2D eigenvalue weighted by Crippen LogP contribution is -2.42. The van der Waals surface area contributed by atoms with Crippen molar-refractivity contribution in [2.24, 2.45) is 0 Å². The molecule has 0 spiro atoms. The molecule has 174 valence electrons. The van der Waals surface area contributed by atoms with Crippen molar-refractivity contribution >= 4 is 44.8 Å². The first-order valence-electron chi connectivity index (χ1n) is 10.2. The summed E-state index contributed by atoms with van der Waals surface area (Å²) in [7, 11) is -4.00. The van der Waals surface area contributed by atoms with Crippen LogP contribution in [0.2, 0.25) is 10.0 Å². The van der Waals surface area contributed by atoms with E-state index in [1.54, 1.807) is 61.5 Å². The number of carbonyl (C=O) groups excluding carboxylic acids is 1. The number of aryl methyl sites for hydroxylation is 2. The number of carbonyl (C=O) groups is 1. The van der Waals surface area contributed by atoms with Gasteiger partial charge in [0.05, 0.1) is 22.2 Å². The number of hydrogen-bond acceptors (Lipinski definition) is 4. The zero-order valence-corrected chi connectivity index (χ0v) is 20.5. The van der Waals surface area contributed by atoms with E-state index < -0.39 is 22.5 Å². The van der Waals surface area contributed by atoms with Gasteiger partial charge in [-0.2, -0.15) is 0 Å². The third-order valence-electron chi connectivity index (χ3n) is 4.84. The van der Waals surface area contributed by atoms with Crippen LogP contribution in [-0.2, 0) is 14.8 Å². The van der Waals surface area contributed by atoms with Gasteiger partial charge in [0.25, 0.3) is 10.0 Å². The van der Waals surface area contributed by atoms with Crippen LogP contribution in [0.5, 0.6) is 5.75 Å². The summed E-state index contributed by atoms with van der Waals surface area (Å²) in [4.78, 5) is 12.8. The number of anilines is 1. The van der Waals surface area contributed by atoms with Gasteiger partial charge < -0.3 is 10.1 Å². The Bertz CT molecular complexity index is 1230. The van der Waals surface area contributed by atoms with E-state index in [4.69, 9.17) is 27.9 Å². The Morgan fingerprint density at radius 1 is 1.00 bits per heavy atom. The van der Waals surface area contributed by atoms with Crippen LogP contribution in [0.3, 0.4) is 0 Å². The molecule has 0 aliphatic carbocycles. The molecule has 33 heavy (non-hydrogen) atoms. The Labute approximate surface area is 204 Å². The summed E-state index contributed by atoms with van der Waals surface area (Å²) in [5, 5.41) is 3.64. The Kier molecular flexibility index (Phi) is 8.24. The van der Waals surface area contributed by atoms with Crippen LogP contribution < -0.4 is 14.4 Å². The highest BCUT2D eigenvalue weighted by Gasteiger charge is 2.28. The summed E-state index contributed by atoms with van der Waals surface area (Å²) in [6.45, 7) is 3.58. The molecule has 3 aromatic carbocycles. The molecule has 0 radical (unpaired) electrons. The van der Waals surface area contributed by atoms with Gasteiger partial charge in [0, 0.05) is 5.02 Å². The van der Waals surface area contributed by atoms with Crippen molar-refractivity contribution in [3.8, 4) is 5.75 Å². The number of benzene rings is 3. The second-order valence-electron chi connectivity index (χ2n) is 7.38. The molecular formula is C24H24Cl2N2O4S.